The summed E-state index contributed by atoms with van der Waals surface area (Å²) >= 11 is 3.60. The molecule has 1 aliphatic heterocycles. The molecule has 21 heavy (non-hydrogen) atoms. The van der Waals surface area contributed by atoms with Crippen LogP contribution in [-0.4, -0.2) is 37.2 Å². The fourth-order valence-electron chi connectivity index (χ4n) is 2.71. The van der Waals surface area contributed by atoms with Crippen molar-refractivity contribution in [1.82, 2.24) is 4.90 Å². The molecular formula is C17H27BrN2O. The van der Waals surface area contributed by atoms with Crippen molar-refractivity contribution in [2.45, 2.75) is 45.1 Å². The Morgan fingerprint density at radius 2 is 2.10 bits per heavy atom. The van der Waals surface area contributed by atoms with Crippen molar-refractivity contribution in [2.75, 3.05) is 26.2 Å². The molecule has 4 heteroatoms. The van der Waals surface area contributed by atoms with E-state index in [1.54, 1.807) is 0 Å². The summed E-state index contributed by atoms with van der Waals surface area (Å²) in [5.74, 6) is 0.935. The minimum Gasteiger partial charge on any atom is -0.492 e. The molecule has 2 N–H and O–H groups in total. The summed E-state index contributed by atoms with van der Waals surface area (Å²) in [6.45, 7) is 6.58. The van der Waals surface area contributed by atoms with E-state index in [4.69, 9.17) is 10.5 Å². The minimum absolute atomic E-state index is 0.240. The molecule has 0 radical (unpaired) electrons. The fraction of sp³-hybridized carbons (Fsp3) is 0.647. The van der Waals surface area contributed by atoms with Crippen molar-refractivity contribution in [3.05, 3.63) is 28.2 Å². The van der Waals surface area contributed by atoms with Crippen LogP contribution in [0, 0.1) is 0 Å². The predicted molar refractivity (Wildman–Crippen MR) is 91.9 cm³/mol. The van der Waals surface area contributed by atoms with E-state index in [2.05, 4.69) is 46.0 Å². The summed E-state index contributed by atoms with van der Waals surface area (Å²) in [5, 5.41) is 0. The van der Waals surface area contributed by atoms with E-state index >= 15 is 0 Å². The van der Waals surface area contributed by atoms with Crippen molar-refractivity contribution < 1.29 is 4.74 Å². The number of hydrogen-bond donors (Lipinski definition) is 1. The van der Waals surface area contributed by atoms with Gasteiger partial charge >= 0.3 is 0 Å². The first kappa shape index (κ1) is 16.8. The highest BCUT2D eigenvalue weighted by Crippen LogP contribution is 2.26. The first-order chi connectivity index (χ1) is 10.2. The van der Waals surface area contributed by atoms with Gasteiger partial charge in [0.2, 0.25) is 0 Å². The van der Waals surface area contributed by atoms with E-state index in [-0.39, 0.29) is 6.04 Å². The average molecular weight is 355 g/mol. The van der Waals surface area contributed by atoms with Crippen LogP contribution in [0.1, 0.15) is 38.2 Å². The molecule has 1 aliphatic rings. The standard InChI is InChI=1S/C17H27BrN2O/c1-2-15(19)12-14-6-7-17(16(18)13-14)21-11-5-10-20-8-3-4-9-20/h6-7,13,15H,2-5,8-12,19H2,1H3. The first-order valence-corrected chi connectivity index (χ1v) is 8.87. The molecule has 1 unspecified atom stereocenters. The second-order valence-electron chi connectivity index (χ2n) is 5.89. The van der Waals surface area contributed by atoms with E-state index in [1.807, 2.05) is 0 Å². The van der Waals surface area contributed by atoms with Crippen molar-refractivity contribution in [2.24, 2.45) is 5.73 Å². The molecule has 1 aromatic rings. The number of nitrogens with zero attached hydrogens (tertiary/aromatic N) is 1. The average Bonchev–Trinajstić information content (AvgIpc) is 2.98. The van der Waals surface area contributed by atoms with Gasteiger partial charge in [0.1, 0.15) is 5.75 Å². The topological polar surface area (TPSA) is 38.5 Å². The van der Waals surface area contributed by atoms with Gasteiger partial charge in [0.15, 0.2) is 0 Å². The van der Waals surface area contributed by atoms with Gasteiger partial charge in [-0.3, -0.25) is 0 Å². The van der Waals surface area contributed by atoms with Crippen LogP contribution in [-0.2, 0) is 6.42 Å². The molecule has 0 spiro atoms. The molecule has 3 nitrogen and oxygen atoms in total. The van der Waals surface area contributed by atoms with Gasteiger partial charge in [0, 0.05) is 12.6 Å². The zero-order valence-corrected chi connectivity index (χ0v) is 14.6. The van der Waals surface area contributed by atoms with Crippen LogP contribution < -0.4 is 10.5 Å². The summed E-state index contributed by atoms with van der Waals surface area (Å²) in [6.07, 6.45) is 5.73. The van der Waals surface area contributed by atoms with Gasteiger partial charge in [-0.1, -0.05) is 13.0 Å². The first-order valence-electron chi connectivity index (χ1n) is 8.08. The maximum absolute atomic E-state index is 6.00. The Balaban J connectivity index is 1.75. The molecule has 0 amide bonds. The van der Waals surface area contributed by atoms with Crippen molar-refractivity contribution in [3.63, 3.8) is 0 Å². The molecule has 1 saturated heterocycles. The van der Waals surface area contributed by atoms with Gasteiger partial charge in [-0.2, -0.15) is 0 Å². The Hall–Kier alpha value is -0.580. The molecule has 0 aromatic heterocycles. The Morgan fingerprint density at radius 3 is 2.76 bits per heavy atom. The summed E-state index contributed by atoms with van der Waals surface area (Å²) in [7, 11) is 0. The van der Waals surface area contributed by atoms with Gasteiger partial charge in [0.25, 0.3) is 0 Å². The second kappa shape index (κ2) is 8.76. The van der Waals surface area contributed by atoms with Crippen LogP contribution in [0.5, 0.6) is 5.75 Å². The zero-order chi connectivity index (χ0) is 15.1. The normalized spacial score (nSPS) is 17.1. The summed E-state index contributed by atoms with van der Waals surface area (Å²) < 4.78 is 6.91. The lowest BCUT2D eigenvalue weighted by Gasteiger charge is -2.15. The number of rotatable bonds is 8. The monoisotopic (exact) mass is 354 g/mol. The number of likely N-dealkylation sites (tertiary alicyclic amines) is 1. The Kier molecular flexibility index (Phi) is 7.00. The number of halogens is 1. The third kappa shape index (κ3) is 5.61. The Bertz CT molecular complexity index is 433. The molecule has 1 fully saturated rings. The SMILES string of the molecule is CCC(N)Cc1ccc(OCCCN2CCCC2)c(Br)c1. The molecule has 0 saturated carbocycles. The van der Waals surface area contributed by atoms with Gasteiger partial charge in [-0.05, 0) is 78.8 Å². The van der Waals surface area contributed by atoms with Gasteiger partial charge in [-0.25, -0.2) is 0 Å². The largest absolute Gasteiger partial charge is 0.492 e. The van der Waals surface area contributed by atoms with Crippen LogP contribution in [0.2, 0.25) is 0 Å². The predicted octanol–water partition coefficient (Wildman–Crippen LogP) is 3.59. The fourth-order valence-corrected chi connectivity index (χ4v) is 3.25. The van der Waals surface area contributed by atoms with Crippen molar-refractivity contribution in [1.29, 1.82) is 0 Å². The molecular weight excluding hydrogens is 328 g/mol. The lowest BCUT2D eigenvalue weighted by molar-refractivity contribution is 0.262. The second-order valence-corrected chi connectivity index (χ2v) is 6.74. The highest BCUT2D eigenvalue weighted by atomic mass is 79.9. The van der Waals surface area contributed by atoms with Gasteiger partial charge < -0.3 is 15.4 Å². The van der Waals surface area contributed by atoms with E-state index in [0.717, 1.165) is 42.6 Å². The van der Waals surface area contributed by atoms with Crippen molar-refractivity contribution >= 4 is 15.9 Å². The van der Waals surface area contributed by atoms with E-state index < -0.39 is 0 Å². The number of benzene rings is 1. The summed E-state index contributed by atoms with van der Waals surface area (Å²) in [4.78, 5) is 2.52. The van der Waals surface area contributed by atoms with Crippen LogP contribution in [0.4, 0.5) is 0 Å². The van der Waals surface area contributed by atoms with Crippen LogP contribution in [0.15, 0.2) is 22.7 Å². The Labute approximate surface area is 137 Å². The molecule has 0 bridgehead atoms. The highest BCUT2D eigenvalue weighted by Gasteiger charge is 2.11. The third-order valence-electron chi connectivity index (χ3n) is 4.09. The summed E-state index contributed by atoms with van der Waals surface area (Å²) in [5.41, 5.74) is 7.26. The summed E-state index contributed by atoms with van der Waals surface area (Å²) in [6, 6.07) is 6.54. The quantitative estimate of drug-likeness (QED) is 0.725. The molecule has 118 valence electrons. The van der Waals surface area contributed by atoms with E-state index in [9.17, 15) is 0 Å². The Morgan fingerprint density at radius 1 is 1.33 bits per heavy atom. The molecule has 0 aliphatic carbocycles. The molecule has 2 rings (SSSR count). The van der Waals surface area contributed by atoms with Gasteiger partial charge in [-0.15, -0.1) is 0 Å². The number of ether oxygens (including phenoxy) is 1. The molecule has 1 aromatic carbocycles. The van der Waals surface area contributed by atoms with E-state index in [1.165, 1.54) is 31.5 Å². The number of nitrogens with two attached hydrogens (primary N) is 1. The van der Waals surface area contributed by atoms with E-state index in [0.29, 0.717) is 0 Å². The maximum Gasteiger partial charge on any atom is 0.133 e. The highest BCUT2D eigenvalue weighted by molar-refractivity contribution is 9.10. The minimum atomic E-state index is 0.240. The zero-order valence-electron chi connectivity index (χ0n) is 13.0. The van der Waals surface area contributed by atoms with Crippen LogP contribution in [0.3, 0.4) is 0 Å². The third-order valence-corrected chi connectivity index (χ3v) is 4.71. The lowest BCUT2D eigenvalue weighted by atomic mass is 10.0. The molecule has 1 atom stereocenters. The maximum atomic E-state index is 6.00. The lowest BCUT2D eigenvalue weighted by Crippen LogP contribution is -2.22. The van der Waals surface area contributed by atoms with Crippen molar-refractivity contribution in [3.8, 4) is 5.75 Å². The van der Waals surface area contributed by atoms with Gasteiger partial charge in [0.05, 0.1) is 11.1 Å². The smallest absolute Gasteiger partial charge is 0.133 e. The van der Waals surface area contributed by atoms with Crippen LogP contribution in [0.25, 0.3) is 0 Å². The molecule has 1 heterocycles. The number of hydrogen-bond acceptors (Lipinski definition) is 3. The van der Waals surface area contributed by atoms with Crippen LogP contribution >= 0.6 is 15.9 Å².